The SMILES string of the molecule is Cc1cccc(C(=O)N/C(=C\c2cccs2)C(=O)NCCCN(C)C)c1. The molecule has 0 aliphatic rings. The molecule has 0 atom stereocenters. The Morgan fingerprint density at radius 3 is 2.65 bits per heavy atom. The van der Waals surface area contributed by atoms with Gasteiger partial charge in [-0.2, -0.15) is 0 Å². The topological polar surface area (TPSA) is 61.4 Å². The summed E-state index contributed by atoms with van der Waals surface area (Å²) in [4.78, 5) is 28.0. The Morgan fingerprint density at radius 1 is 1.19 bits per heavy atom. The van der Waals surface area contributed by atoms with Crippen molar-refractivity contribution < 1.29 is 9.59 Å². The molecule has 0 saturated carbocycles. The molecule has 138 valence electrons. The number of nitrogens with zero attached hydrogens (tertiary/aromatic N) is 1. The lowest BCUT2D eigenvalue weighted by atomic mass is 10.1. The summed E-state index contributed by atoms with van der Waals surface area (Å²) in [7, 11) is 3.98. The molecule has 2 rings (SSSR count). The summed E-state index contributed by atoms with van der Waals surface area (Å²) in [5.74, 6) is -0.571. The number of thiophene rings is 1. The van der Waals surface area contributed by atoms with E-state index >= 15 is 0 Å². The van der Waals surface area contributed by atoms with Crippen LogP contribution in [0, 0.1) is 6.92 Å². The molecule has 1 aromatic heterocycles. The van der Waals surface area contributed by atoms with Crippen LogP contribution in [0.4, 0.5) is 0 Å². The summed E-state index contributed by atoms with van der Waals surface area (Å²) in [5, 5.41) is 7.56. The lowest BCUT2D eigenvalue weighted by Crippen LogP contribution is -2.36. The van der Waals surface area contributed by atoms with Crippen LogP contribution >= 0.6 is 11.3 Å². The van der Waals surface area contributed by atoms with E-state index in [1.165, 1.54) is 11.3 Å². The Kier molecular flexibility index (Phi) is 7.56. The molecule has 26 heavy (non-hydrogen) atoms. The molecule has 5 nitrogen and oxygen atoms in total. The molecule has 2 amide bonds. The molecule has 0 radical (unpaired) electrons. The van der Waals surface area contributed by atoms with Gasteiger partial charge >= 0.3 is 0 Å². The molecule has 1 aromatic carbocycles. The van der Waals surface area contributed by atoms with Gasteiger partial charge in [0.05, 0.1) is 0 Å². The molecule has 2 N–H and O–H groups in total. The molecule has 6 heteroatoms. The Balaban J connectivity index is 2.09. The van der Waals surface area contributed by atoms with Crippen molar-refractivity contribution in [2.75, 3.05) is 27.2 Å². The number of amides is 2. The highest BCUT2D eigenvalue weighted by Gasteiger charge is 2.14. The van der Waals surface area contributed by atoms with E-state index < -0.39 is 0 Å². The standard InChI is InChI=1S/C20H25N3O2S/c1-15-7-4-8-16(13-15)19(24)22-18(14-17-9-5-12-26-17)20(25)21-10-6-11-23(2)3/h4-5,7-9,12-14H,6,10-11H2,1-3H3,(H,21,25)(H,22,24)/b18-14-. The smallest absolute Gasteiger partial charge is 0.267 e. The molecular weight excluding hydrogens is 346 g/mol. The molecule has 1 heterocycles. The van der Waals surface area contributed by atoms with Gasteiger partial charge in [-0.3, -0.25) is 9.59 Å². The summed E-state index contributed by atoms with van der Waals surface area (Å²) in [6.07, 6.45) is 2.55. The van der Waals surface area contributed by atoms with Crippen LogP contribution in [0.1, 0.15) is 27.2 Å². The molecule has 0 spiro atoms. The molecule has 0 aliphatic carbocycles. The molecule has 0 aliphatic heterocycles. The quantitative estimate of drug-likeness (QED) is 0.554. The largest absolute Gasteiger partial charge is 0.351 e. The number of aryl methyl sites for hydroxylation is 1. The third kappa shape index (κ3) is 6.46. The summed E-state index contributed by atoms with van der Waals surface area (Å²) in [6, 6.07) is 11.1. The van der Waals surface area contributed by atoms with E-state index in [0.29, 0.717) is 12.1 Å². The second kappa shape index (κ2) is 9.89. The van der Waals surface area contributed by atoms with Gasteiger partial charge in [-0.05, 0) is 63.6 Å². The first-order chi connectivity index (χ1) is 12.5. The van der Waals surface area contributed by atoms with E-state index in [1.54, 1.807) is 18.2 Å². The summed E-state index contributed by atoms with van der Waals surface area (Å²) in [5.41, 5.74) is 1.78. The van der Waals surface area contributed by atoms with Crippen molar-refractivity contribution in [3.63, 3.8) is 0 Å². The molecule has 0 saturated heterocycles. The van der Waals surface area contributed by atoms with Crippen molar-refractivity contribution in [1.29, 1.82) is 0 Å². The third-order valence-electron chi connectivity index (χ3n) is 3.67. The van der Waals surface area contributed by atoms with Crippen LogP contribution in [0.2, 0.25) is 0 Å². The van der Waals surface area contributed by atoms with Gasteiger partial charge in [0.15, 0.2) is 0 Å². The lowest BCUT2D eigenvalue weighted by Gasteiger charge is -2.12. The van der Waals surface area contributed by atoms with E-state index in [9.17, 15) is 9.59 Å². The number of hydrogen-bond acceptors (Lipinski definition) is 4. The van der Waals surface area contributed by atoms with Crippen molar-refractivity contribution in [3.05, 3.63) is 63.5 Å². The first kappa shape index (κ1) is 19.9. The number of hydrogen-bond donors (Lipinski definition) is 2. The van der Waals surface area contributed by atoms with Crippen molar-refractivity contribution >= 4 is 29.2 Å². The molecule has 0 unspecified atom stereocenters. The van der Waals surface area contributed by atoms with Crippen molar-refractivity contribution in [1.82, 2.24) is 15.5 Å². The second-order valence-electron chi connectivity index (χ2n) is 6.31. The maximum atomic E-state index is 12.5. The lowest BCUT2D eigenvalue weighted by molar-refractivity contribution is -0.117. The number of nitrogens with one attached hydrogen (secondary N) is 2. The van der Waals surface area contributed by atoms with Crippen LogP contribution in [-0.4, -0.2) is 43.9 Å². The fraction of sp³-hybridized carbons (Fsp3) is 0.300. The Hall–Kier alpha value is -2.44. The van der Waals surface area contributed by atoms with Gasteiger partial charge in [0.1, 0.15) is 5.70 Å². The fourth-order valence-electron chi connectivity index (χ4n) is 2.35. The van der Waals surface area contributed by atoms with Crippen molar-refractivity contribution in [2.24, 2.45) is 0 Å². The number of carbonyl (C=O) groups is 2. The minimum Gasteiger partial charge on any atom is -0.351 e. The number of benzene rings is 1. The van der Waals surface area contributed by atoms with Crippen molar-refractivity contribution in [3.8, 4) is 0 Å². The highest BCUT2D eigenvalue weighted by Crippen LogP contribution is 2.13. The average Bonchev–Trinajstić information content (AvgIpc) is 3.10. The zero-order valence-corrected chi connectivity index (χ0v) is 16.2. The minimum absolute atomic E-state index is 0.254. The normalized spacial score (nSPS) is 11.5. The van der Waals surface area contributed by atoms with E-state index in [-0.39, 0.29) is 17.5 Å². The average molecular weight is 372 g/mol. The summed E-state index contributed by atoms with van der Waals surface area (Å²) >= 11 is 1.51. The van der Waals surface area contributed by atoms with E-state index in [2.05, 4.69) is 15.5 Å². The van der Waals surface area contributed by atoms with Gasteiger partial charge < -0.3 is 15.5 Å². The van der Waals surface area contributed by atoms with Crippen LogP contribution in [0.3, 0.4) is 0 Å². The van der Waals surface area contributed by atoms with Crippen molar-refractivity contribution in [2.45, 2.75) is 13.3 Å². The van der Waals surface area contributed by atoms with Gasteiger partial charge in [-0.25, -0.2) is 0 Å². The van der Waals surface area contributed by atoms with Crippen LogP contribution < -0.4 is 10.6 Å². The molecule has 2 aromatic rings. The monoisotopic (exact) mass is 371 g/mol. The van der Waals surface area contributed by atoms with Gasteiger partial charge in [0.25, 0.3) is 11.8 Å². The van der Waals surface area contributed by atoms with E-state index in [0.717, 1.165) is 23.4 Å². The van der Waals surface area contributed by atoms with Crippen LogP contribution in [0.5, 0.6) is 0 Å². The minimum atomic E-state index is -0.292. The van der Waals surface area contributed by atoms with E-state index in [1.807, 2.05) is 50.7 Å². The zero-order valence-electron chi connectivity index (χ0n) is 15.4. The van der Waals surface area contributed by atoms with Gasteiger partial charge in [0, 0.05) is 17.0 Å². The number of rotatable bonds is 8. The highest BCUT2D eigenvalue weighted by atomic mass is 32.1. The Labute approximate surface area is 158 Å². The predicted octanol–water partition coefficient (Wildman–Crippen LogP) is 2.90. The maximum Gasteiger partial charge on any atom is 0.267 e. The predicted molar refractivity (Wildman–Crippen MR) is 107 cm³/mol. The molecular formula is C20H25N3O2S. The van der Waals surface area contributed by atoms with Gasteiger partial charge in [-0.15, -0.1) is 11.3 Å². The third-order valence-corrected chi connectivity index (χ3v) is 4.49. The van der Waals surface area contributed by atoms with Gasteiger partial charge in [-0.1, -0.05) is 23.8 Å². The second-order valence-corrected chi connectivity index (χ2v) is 7.29. The number of carbonyl (C=O) groups excluding carboxylic acids is 2. The van der Waals surface area contributed by atoms with Crippen LogP contribution in [0.15, 0.2) is 47.5 Å². The maximum absolute atomic E-state index is 12.5. The summed E-state index contributed by atoms with van der Waals surface area (Å²) in [6.45, 7) is 3.37. The van der Waals surface area contributed by atoms with Gasteiger partial charge in [0.2, 0.25) is 0 Å². The first-order valence-electron chi connectivity index (χ1n) is 8.52. The highest BCUT2D eigenvalue weighted by molar-refractivity contribution is 7.10. The summed E-state index contributed by atoms with van der Waals surface area (Å²) < 4.78 is 0. The molecule has 0 fully saturated rings. The Bertz CT molecular complexity index is 767. The van der Waals surface area contributed by atoms with Crippen LogP contribution in [-0.2, 0) is 4.79 Å². The fourth-order valence-corrected chi connectivity index (χ4v) is 3.00. The first-order valence-corrected chi connectivity index (χ1v) is 9.40. The Morgan fingerprint density at radius 2 is 2.00 bits per heavy atom. The van der Waals surface area contributed by atoms with E-state index in [4.69, 9.17) is 0 Å². The zero-order chi connectivity index (χ0) is 18.9. The van der Waals surface area contributed by atoms with Crippen LogP contribution in [0.25, 0.3) is 6.08 Å². The molecule has 0 bridgehead atoms.